The van der Waals surface area contributed by atoms with Crippen molar-refractivity contribution in [1.82, 2.24) is 10.2 Å². The Morgan fingerprint density at radius 3 is 2.55 bits per heavy atom. The first-order valence-electron chi connectivity index (χ1n) is 8.51. The molecule has 8 nitrogen and oxygen atoms in total. The SMILES string of the molecule is O=C(CCC1NC(=O)N(Cc2ccco2)C1=O)Nc1ccc(OC(F)(F)F)cc1. The van der Waals surface area contributed by atoms with E-state index in [9.17, 15) is 27.6 Å². The van der Waals surface area contributed by atoms with Gasteiger partial charge in [0.15, 0.2) is 0 Å². The van der Waals surface area contributed by atoms with Crippen LogP contribution in [0.15, 0.2) is 47.1 Å². The maximum atomic E-state index is 12.3. The lowest BCUT2D eigenvalue weighted by Crippen LogP contribution is -2.31. The molecule has 0 aliphatic carbocycles. The molecule has 0 saturated carbocycles. The lowest BCUT2D eigenvalue weighted by atomic mass is 10.1. The monoisotopic (exact) mass is 411 g/mol. The van der Waals surface area contributed by atoms with Crippen molar-refractivity contribution in [1.29, 1.82) is 0 Å². The molecular weight excluding hydrogens is 395 g/mol. The smallest absolute Gasteiger partial charge is 0.467 e. The van der Waals surface area contributed by atoms with Crippen molar-refractivity contribution in [3.63, 3.8) is 0 Å². The maximum absolute atomic E-state index is 12.3. The van der Waals surface area contributed by atoms with Crippen LogP contribution in [-0.4, -0.2) is 35.1 Å². The summed E-state index contributed by atoms with van der Waals surface area (Å²) >= 11 is 0. The number of anilines is 1. The number of benzene rings is 1. The number of carbonyl (C=O) groups is 3. The van der Waals surface area contributed by atoms with Crippen molar-refractivity contribution in [3.8, 4) is 5.75 Å². The highest BCUT2D eigenvalue weighted by Crippen LogP contribution is 2.24. The van der Waals surface area contributed by atoms with Gasteiger partial charge in [-0.3, -0.25) is 14.5 Å². The van der Waals surface area contributed by atoms with Gasteiger partial charge in [-0.1, -0.05) is 0 Å². The molecule has 1 aromatic carbocycles. The molecule has 2 N–H and O–H groups in total. The number of imide groups is 1. The lowest BCUT2D eigenvalue weighted by Gasteiger charge is -2.12. The van der Waals surface area contributed by atoms with Crippen LogP contribution in [0.5, 0.6) is 5.75 Å². The summed E-state index contributed by atoms with van der Waals surface area (Å²) in [7, 11) is 0. The largest absolute Gasteiger partial charge is 0.573 e. The predicted molar refractivity (Wildman–Crippen MR) is 92.6 cm³/mol. The number of hydrogen-bond acceptors (Lipinski definition) is 5. The number of rotatable bonds is 7. The van der Waals surface area contributed by atoms with Crippen molar-refractivity contribution in [2.75, 3.05) is 5.32 Å². The number of halogens is 3. The topological polar surface area (TPSA) is 101 Å². The van der Waals surface area contributed by atoms with Crippen LogP contribution in [0.3, 0.4) is 0 Å². The van der Waals surface area contributed by atoms with Gasteiger partial charge >= 0.3 is 12.4 Å². The third kappa shape index (κ3) is 5.50. The zero-order chi connectivity index (χ0) is 21.0. The van der Waals surface area contributed by atoms with Gasteiger partial charge in [-0.15, -0.1) is 13.2 Å². The fraction of sp³-hybridized carbons (Fsp3) is 0.278. The van der Waals surface area contributed by atoms with Gasteiger partial charge in [-0.2, -0.15) is 0 Å². The van der Waals surface area contributed by atoms with Gasteiger partial charge in [-0.25, -0.2) is 4.79 Å². The van der Waals surface area contributed by atoms with Crippen LogP contribution in [-0.2, 0) is 16.1 Å². The highest BCUT2D eigenvalue weighted by Gasteiger charge is 2.38. The molecule has 1 unspecified atom stereocenters. The molecular formula is C18H16F3N3O5. The predicted octanol–water partition coefficient (Wildman–Crippen LogP) is 3.02. The molecule has 1 fully saturated rings. The average Bonchev–Trinajstić information content (AvgIpc) is 3.24. The maximum Gasteiger partial charge on any atom is 0.573 e. The van der Waals surface area contributed by atoms with E-state index in [1.165, 1.54) is 18.4 Å². The molecule has 1 saturated heterocycles. The summed E-state index contributed by atoms with van der Waals surface area (Å²) in [6.07, 6.45) is -3.38. The molecule has 11 heteroatoms. The molecule has 4 amide bonds. The molecule has 2 heterocycles. The Hall–Kier alpha value is -3.50. The third-order valence-electron chi connectivity index (χ3n) is 4.03. The van der Waals surface area contributed by atoms with Crippen molar-refractivity contribution < 1.29 is 36.7 Å². The Labute approximate surface area is 162 Å². The summed E-state index contributed by atoms with van der Waals surface area (Å²) in [5.41, 5.74) is 0.269. The zero-order valence-corrected chi connectivity index (χ0v) is 14.9. The van der Waals surface area contributed by atoms with Crippen molar-refractivity contribution in [2.45, 2.75) is 31.8 Å². The number of hydrogen-bond donors (Lipinski definition) is 2. The normalized spacial score (nSPS) is 16.7. The Morgan fingerprint density at radius 1 is 1.21 bits per heavy atom. The quantitative estimate of drug-likeness (QED) is 0.682. The van der Waals surface area contributed by atoms with Crippen molar-refractivity contribution in [3.05, 3.63) is 48.4 Å². The summed E-state index contributed by atoms with van der Waals surface area (Å²) in [5.74, 6) is -0.884. The van der Waals surface area contributed by atoms with Gasteiger partial charge in [-0.05, 0) is 42.8 Å². The van der Waals surface area contributed by atoms with E-state index in [-0.39, 0.29) is 25.1 Å². The summed E-state index contributed by atoms with van der Waals surface area (Å²) in [6, 6.07) is 6.50. The molecule has 29 heavy (non-hydrogen) atoms. The zero-order valence-electron chi connectivity index (χ0n) is 14.9. The molecule has 0 bridgehead atoms. The minimum absolute atomic E-state index is 0.00723. The Kier molecular flexibility index (Phi) is 5.76. The van der Waals surface area contributed by atoms with Crippen LogP contribution < -0.4 is 15.4 Å². The number of nitrogens with one attached hydrogen (secondary N) is 2. The van der Waals surface area contributed by atoms with Crippen LogP contribution in [0.4, 0.5) is 23.7 Å². The second-order valence-corrected chi connectivity index (χ2v) is 6.16. The van der Waals surface area contributed by atoms with Crippen LogP contribution in [0.25, 0.3) is 0 Å². The number of ether oxygens (including phenoxy) is 1. The van der Waals surface area contributed by atoms with E-state index in [1.54, 1.807) is 12.1 Å². The molecule has 1 aliphatic heterocycles. The van der Waals surface area contributed by atoms with Crippen LogP contribution in [0.2, 0.25) is 0 Å². The molecule has 1 aliphatic rings. The number of nitrogens with zero attached hydrogens (tertiary/aromatic N) is 1. The van der Waals surface area contributed by atoms with Gasteiger partial charge < -0.3 is 19.8 Å². The third-order valence-corrected chi connectivity index (χ3v) is 4.03. The minimum Gasteiger partial charge on any atom is -0.467 e. The molecule has 0 spiro atoms. The molecule has 3 rings (SSSR count). The Balaban J connectivity index is 1.48. The summed E-state index contributed by atoms with van der Waals surface area (Å²) < 4.78 is 45.3. The average molecular weight is 411 g/mol. The van der Waals surface area contributed by atoms with E-state index in [0.29, 0.717) is 5.76 Å². The summed E-state index contributed by atoms with van der Waals surface area (Å²) in [4.78, 5) is 37.3. The van der Waals surface area contributed by atoms with Crippen LogP contribution >= 0.6 is 0 Å². The summed E-state index contributed by atoms with van der Waals surface area (Å²) in [6.45, 7) is -0.00723. The van der Waals surface area contributed by atoms with Crippen molar-refractivity contribution in [2.24, 2.45) is 0 Å². The summed E-state index contributed by atoms with van der Waals surface area (Å²) in [5, 5.41) is 5.01. The van der Waals surface area contributed by atoms with Crippen LogP contribution in [0.1, 0.15) is 18.6 Å². The highest BCUT2D eigenvalue weighted by atomic mass is 19.4. The number of furan rings is 1. The molecule has 1 atom stereocenters. The molecule has 2 aromatic rings. The number of amides is 4. The Bertz CT molecular complexity index is 881. The number of urea groups is 1. The van der Waals surface area contributed by atoms with Gasteiger partial charge in [0.2, 0.25) is 5.91 Å². The van der Waals surface area contributed by atoms with Crippen LogP contribution in [0, 0.1) is 0 Å². The highest BCUT2D eigenvalue weighted by molar-refractivity contribution is 6.04. The van der Waals surface area contributed by atoms with Crippen molar-refractivity contribution >= 4 is 23.5 Å². The van der Waals surface area contributed by atoms with E-state index in [4.69, 9.17) is 4.42 Å². The number of alkyl halides is 3. The van der Waals surface area contributed by atoms with Gasteiger partial charge in [0, 0.05) is 12.1 Å². The number of carbonyl (C=O) groups excluding carboxylic acids is 3. The van der Waals surface area contributed by atoms with E-state index in [2.05, 4.69) is 15.4 Å². The van der Waals surface area contributed by atoms with E-state index in [1.807, 2.05) is 0 Å². The van der Waals surface area contributed by atoms with Gasteiger partial charge in [0.1, 0.15) is 17.6 Å². The second-order valence-electron chi connectivity index (χ2n) is 6.16. The first kappa shape index (κ1) is 20.2. The van der Waals surface area contributed by atoms with Gasteiger partial charge in [0.05, 0.1) is 12.8 Å². The molecule has 154 valence electrons. The van der Waals surface area contributed by atoms with E-state index >= 15 is 0 Å². The fourth-order valence-corrected chi connectivity index (χ4v) is 2.72. The lowest BCUT2D eigenvalue weighted by molar-refractivity contribution is -0.274. The van der Waals surface area contributed by atoms with Gasteiger partial charge in [0.25, 0.3) is 5.91 Å². The molecule has 1 aromatic heterocycles. The van der Waals surface area contributed by atoms with E-state index in [0.717, 1.165) is 17.0 Å². The first-order chi connectivity index (χ1) is 13.7. The minimum atomic E-state index is -4.80. The fourth-order valence-electron chi connectivity index (χ4n) is 2.72. The Morgan fingerprint density at radius 2 is 1.93 bits per heavy atom. The molecule has 0 radical (unpaired) electrons. The standard InChI is InChI=1S/C18H16F3N3O5/c19-18(20,21)29-12-5-3-11(4-6-12)22-15(25)8-7-14-16(26)24(17(27)23-14)10-13-2-1-9-28-13/h1-6,9,14H,7-8,10H2,(H,22,25)(H,23,27). The van der Waals surface area contributed by atoms with E-state index < -0.39 is 36.0 Å². The first-order valence-corrected chi connectivity index (χ1v) is 8.51. The second kappa shape index (κ2) is 8.25.